The summed E-state index contributed by atoms with van der Waals surface area (Å²) in [5.41, 5.74) is 0.738. The van der Waals surface area contributed by atoms with Gasteiger partial charge in [0.15, 0.2) is 11.5 Å². The van der Waals surface area contributed by atoms with E-state index >= 15 is 0 Å². The standard InChI is InChI=1S/C20H19NO6/c1-2-24-15-5-3-14(4-6-15)21-11-13(9-19(21)22)20(23)27-16-7-8-17-18(10-16)26-12-25-17/h3-8,10,13H,2,9,11-12H2,1H3. The predicted octanol–water partition coefficient (Wildman–Crippen LogP) is 2.77. The van der Waals surface area contributed by atoms with E-state index in [9.17, 15) is 9.59 Å². The van der Waals surface area contributed by atoms with Crippen LogP contribution in [0.1, 0.15) is 13.3 Å². The van der Waals surface area contributed by atoms with Crippen molar-refractivity contribution in [1.29, 1.82) is 0 Å². The molecule has 1 fully saturated rings. The number of rotatable bonds is 5. The van der Waals surface area contributed by atoms with Crippen molar-refractivity contribution in [2.45, 2.75) is 13.3 Å². The summed E-state index contributed by atoms with van der Waals surface area (Å²) < 4.78 is 21.4. The van der Waals surface area contributed by atoms with Crippen LogP contribution in [0.4, 0.5) is 5.69 Å². The zero-order chi connectivity index (χ0) is 18.8. The molecule has 0 aliphatic carbocycles. The molecule has 2 aliphatic heterocycles. The summed E-state index contributed by atoms with van der Waals surface area (Å²) in [5.74, 6) is 1.21. The second-order valence-corrected chi connectivity index (χ2v) is 6.27. The Labute approximate surface area is 156 Å². The van der Waals surface area contributed by atoms with Gasteiger partial charge < -0.3 is 23.8 Å². The second kappa shape index (κ2) is 7.19. The monoisotopic (exact) mass is 369 g/mol. The van der Waals surface area contributed by atoms with Crippen LogP contribution in [0.3, 0.4) is 0 Å². The lowest BCUT2D eigenvalue weighted by Gasteiger charge is -2.17. The average molecular weight is 369 g/mol. The number of amides is 1. The van der Waals surface area contributed by atoms with E-state index in [1.54, 1.807) is 23.1 Å². The highest BCUT2D eigenvalue weighted by Crippen LogP contribution is 2.35. The van der Waals surface area contributed by atoms with Gasteiger partial charge in [-0.05, 0) is 43.3 Å². The molecule has 2 heterocycles. The largest absolute Gasteiger partial charge is 0.494 e. The molecule has 0 saturated carbocycles. The first kappa shape index (κ1) is 17.2. The lowest BCUT2D eigenvalue weighted by molar-refractivity contribution is -0.139. The summed E-state index contributed by atoms with van der Waals surface area (Å²) in [6.07, 6.45) is 0.122. The zero-order valence-electron chi connectivity index (χ0n) is 14.8. The molecule has 0 radical (unpaired) electrons. The first-order valence-electron chi connectivity index (χ1n) is 8.78. The minimum Gasteiger partial charge on any atom is -0.494 e. The number of hydrogen-bond acceptors (Lipinski definition) is 6. The number of nitrogens with zero attached hydrogens (tertiary/aromatic N) is 1. The van der Waals surface area contributed by atoms with E-state index in [1.807, 2.05) is 31.2 Å². The van der Waals surface area contributed by atoms with E-state index in [4.69, 9.17) is 18.9 Å². The van der Waals surface area contributed by atoms with E-state index in [2.05, 4.69) is 0 Å². The van der Waals surface area contributed by atoms with Crippen LogP contribution in [-0.4, -0.2) is 31.8 Å². The number of anilines is 1. The number of benzene rings is 2. The number of fused-ring (bicyclic) bond motifs is 1. The van der Waals surface area contributed by atoms with Crippen LogP contribution in [0.2, 0.25) is 0 Å². The Bertz CT molecular complexity index is 863. The van der Waals surface area contributed by atoms with Crippen LogP contribution < -0.4 is 23.8 Å². The number of hydrogen-bond donors (Lipinski definition) is 0. The van der Waals surface area contributed by atoms with Gasteiger partial charge in [0, 0.05) is 24.7 Å². The molecule has 1 unspecified atom stereocenters. The molecule has 0 N–H and O–H groups in total. The van der Waals surface area contributed by atoms with Crippen LogP contribution in [0.25, 0.3) is 0 Å². The lowest BCUT2D eigenvalue weighted by atomic mass is 10.1. The van der Waals surface area contributed by atoms with Gasteiger partial charge in [-0.3, -0.25) is 9.59 Å². The molecular weight excluding hydrogens is 350 g/mol. The molecule has 4 rings (SSSR count). The molecule has 27 heavy (non-hydrogen) atoms. The third-order valence-corrected chi connectivity index (χ3v) is 4.48. The average Bonchev–Trinajstić information content (AvgIpc) is 3.29. The quantitative estimate of drug-likeness (QED) is 0.596. The highest BCUT2D eigenvalue weighted by molar-refractivity contribution is 5.99. The maximum atomic E-state index is 12.5. The molecule has 2 aromatic rings. The van der Waals surface area contributed by atoms with Crippen molar-refractivity contribution in [2.75, 3.05) is 24.8 Å². The molecule has 7 nitrogen and oxygen atoms in total. The fraction of sp³-hybridized carbons (Fsp3) is 0.300. The van der Waals surface area contributed by atoms with Crippen LogP contribution >= 0.6 is 0 Å². The van der Waals surface area contributed by atoms with Gasteiger partial charge in [0.1, 0.15) is 11.5 Å². The van der Waals surface area contributed by atoms with Crippen molar-refractivity contribution in [2.24, 2.45) is 5.92 Å². The fourth-order valence-corrected chi connectivity index (χ4v) is 3.14. The van der Waals surface area contributed by atoms with Crippen LogP contribution in [0.15, 0.2) is 42.5 Å². The maximum Gasteiger partial charge on any atom is 0.316 e. The first-order valence-corrected chi connectivity index (χ1v) is 8.78. The van der Waals surface area contributed by atoms with Crippen LogP contribution in [-0.2, 0) is 9.59 Å². The molecule has 0 spiro atoms. The molecular formula is C20H19NO6. The van der Waals surface area contributed by atoms with Crippen LogP contribution in [0.5, 0.6) is 23.0 Å². The molecule has 2 aliphatic rings. The molecule has 2 aromatic carbocycles. The summed E-state index contributed by atoms with van der Waals surface area (Å²) in [6.45, 7) is 2.93. The number of esters is 1. The van der Waals surface area contributed by atoms with E-state index in [0.29, 0.717) is 23.9 Å². The van der Waals surface area contributed by atoms with E-state index in [0.717, 1.165) is 11.4 Å². The highest BCUT2D eigenvalue weighted by Gasteiger charge is 2.36. The SMILES string of the molecule is CCOc1ccc(N2CC(C(=O)Oc3ccc4c(c3)OCO4)CC2=O)cc1. The van der Waals surface area contributed by atoms with Gasteiger partial charge in [-0.2, -0.15) is 0 Å². The second-order valence-electron chi connectivity index (χ2n) is 6.27. The zero-order valence-corrected chi connectivity index (χ0v) is 14.8. The lowest BCUT2D eigenvalue weighted by Crippen LogP contribution is -2.27. The van der Waals surface area contributed by atoms with Gasteiger partial charge >= 0.3 is 5.97 Å². The van der Waals surface area contributed by atoms with Crippen molar-refractivity contribution in [3.63, 3.8) is 0 Å². The summed E-state index contributed by atoms with van der Waals surface area (Å²) >= 11 is 0. The fourth-order valence-electron chi connectivity index (χ4n) is 3.14. The summed E-state index contributed by atoms with van der Waals surface area (Å²) in [7, 11) is 0. The van der Waals surface area contributed by atoms with Gasteiger partial charge in [0.25, 0.3) is 0 Å². The Morgan fingerprint density at radius 2 is 1.85 bits per heavy atom. The smallest absolute Gasteiger partial charge is 0.316 e. The molecule has 1 saturated heterocycles. The normalized spacial score (nSPS) is 17.9. The summed E-state index contributed by atoms with van der Waals surface area (Å²) in [6, 6.07) is 12.2. The maximum absolute atomic E-state index is 12.5. The predicted molar refractivity (Wildman–Crippen MR) is 96.3 cm³/mol. The number of carbonyl (C=O) groups excluding carboxylic acids is 2. The molecule has 7 heteroatoms. The summed E-state index contributed by atoms with van der Waals surface area (Å²) in [5, 5.41) is 0. The molecule has 1 amide bonds. The molecule has 140 valence electrons. The van der Waals surface area contributed by atoms with Crippen molar-refractivity contribution < 1.29 is 28.5 Å². The Hall–Kier alpha value is -3.22. The van der Waals surface area contributed by atoms with Gasteiger partial charge in [-0.25, -0.2) is 0 Å². The highest BCUT2D eigenvalue weighted by atomic mass is 16.7. The molecule has 1 atom stereocenters. The van der Waals surface area contributed by atoms with Crippen molar-refractivity contribution >= 4 is 17.6 Å². The Kier molecular flexibility index (Phi) is 4.58. The van der Waals surface area contributed by atoms with Crippen molar-refractivity contribution in [1.82, 2.24) is 0 Å². The Morgan fingerprint density at radius 1 is 1.11 bits per heavy atom. The van der Waals surface area contributed by atoms with E-state index < -0.39 is 11.9 Å². The summed E-state index contributed by atoms with van der Waals surface area (Å²) in [4.78, 5) is 26.4. The van der Waals surface area contributed by atoms with Crippen LogP contribution in [0, 0.1) is 5.92 Å². The van der Waals surface area contributed by atoms with Crippen molar-refractivity contribution in [3.8, 4) is 23.0 Å². The van der Waals surface area contributed by atoms with Gasteiger partial charge in [-0.1, -0.05) is 0 Å². The third-order valence-electron chi connectivity index (χ3n) is 4.48. The number of ether oxygens (including phenoxy) is 4. The van der Waals surface area contributed by atoms with E-state index in [-0.39, 0.29) is 25.7 Å². The number of carbonyl (C=O) groups is 2. The minimum absolute atomic E-state index is 0.105. The Balaban J connectivity index is 1.41. The minimum atomic E-state index is -0.519. The van der Waals surface area contributed by atoms with Gasteiger partial charge in [-0.15, -0.1) is 0 Å². The molecule has 0 aromatic heterocycles. The van der Waals surface area contributed by atoms with Gasteiger partial charge in [0.2, 0.25) is 12.7 Å². The van der Waals surface area contributed by atoms with Gasteiger partial charge in [0.05, 0.1) is 12.5 Å². The first-order chi connectivity index (χ1) is 13.1. The third kappa shape index (κ3) is 3.53. The van der Waals surface area contributed by atoms with E-state index in [1.165, 1.54) is 0 Å². The van der Waals surface area contributed by atoms with Crippen molar-refractivity contribution in [3.05, 3.63) is 42.5 Å². The molecule has 0 bridgehead atoms. The Morgan fingerprint density at radius 3 is 2.63 bits per heavy atom. The topological polar surface area (TPSA) is 74.3 Å².